The lowest BCUT2D eigenvalue weighted by molar-refractivity contribution is 0.429. The fraction of sp³-hybridized carbons (Fsp3) is 0.625. The zero-order valence-corrected chi connectivity index (χ0v) is 11.7. The summed E-state index contributed by atoms with van der Waals surface area (Å²) >= 11 is 6.02. The summed E-state index contributed by atoms with van der Waals surface area (Å²) in [5.41, 5.74) is 4.59. The minimum absolute atomic E-state index is 0.635. The maximum atomic E-state index is 6.02. The highest BCUT2D eigenvalue weighted by Crippen LogP contribution is 2.27. The summed E-state index contributed by atoms with van der Waals surface area (Å²) in [6.45, 7) is 1.01. The van der Waals surface area contributed by atoms with Gasteiger partial charge in [0, 0.05) is 18.5 Å². The van der Waals surface area contributed by atoms with Gasteiger partial charge in [0.25, 0.3) is 0 Å². The van der Waals surface area contributed by atoms with E-state index in [1.54, 1.807) is 11.1 Å². The first-order chi connectivity index (χ1) is 8.86. The zero-order valence-electron chi connectivity index (χ0n) is 10.9. The average molecular weight is 264 g/mol. The molecule has 18 heavy (non-hydrogen) atoms. The van der Waals surface area contributed by atoms with Crippen molar-refractivity contribution in [1.82, 2.24) is 5.32 Å². The van der Waals surface area contributed by atoms with E-state index in [4.69, 9.17) is 11.6 Å². The summed E-state index contributed by atoms with van der Waals surface area (Å²) < 4.78 is 0. The van der Waals surface area contributed by atoms with E-state index in [-0.39, 0.29) is 0 Å². The van der Waals surface area contributed by atoms with Crippen molar-refractivity contribution < 1.29 is 0 Å². The van der Waals surface area contributed by atoms with Crippen LogP contribution in [0.2, 0.25) is 0 Å². The van der Waals surface area contributed by atoms with Crippen molar-refractivity contribution in [3.05, 3.63) is 34.9 Å². The molecule has 0 saturated heterocycles. The van der Waals surface area contributed by atoms with Gasteiger partial charge in [0.1, 0.15) is 0 Å². The molecule has 1 aromatic rings. The highest BCUT2D eigenvalue weighted by molar-refractivity contribution is 6.18. The third kappa shape index (κ3) is 2.57. The van der Waals surface area contributed by atoms with E-state index in [9.17, 15) is 0 Å². The van der Waals surface area contributed by atoms with Gasteiger partial charge in [0.15, 0.2) is 0 Å². The Hall–Kier alpha value is -0.530. The molecule has 2 aliphatic rings. The predicted molar refractivity (Wildman–Crippen MR) is 77.2 cm³/mol. The quantitative estimate of drug-likeness (QED) is 0.818. The Labute approximate surface area is 115 Å². The molecule has 98 valence electrons. The van der Waals surface area contributed by atoms with Crippen LogP contribution in [0.15, 0.2) is 18.2 Å². The van der Waals surface area contributed by atoms with Gasteiger partial charge in [-0.15, -0.1) is 11.6 Å². The van der Waals surface area contributed by atoms with Crippen molar-refractivity contribution in [2.75, 3.05) is 5.88 Å². The first-order valence-corrected chi connectivity index (χ1v) is 7.80. The van der Waals surface area contributed by atoms with E-state index in [0.29, 0.717) is 12.0 Å². The fourth-order valence-corrected chi connectivity index (χ4v) is 3.84. The molecule has 0 amide bonds. The lowest BCUT2D eigenvalue weighted by Crippen LogP contribution is -2.32. The molecule has 3 rings (SSSR count). The molecule has 1 nitrogen and oxygen atoms in total. The second-order valence-electron chi connectivity index (χ2n) is 5.79. The second kappa shape index (κ2) is 5.63. The Morgan fingerprint density at radius 3 is 2.89 bits per heavy atom. The monoisotopic (exact) mass is 263 g/mol. The van der Waals surface area contributed by atoms with Crippen LogP contribution < -0.4 is 5.32 Å². The Balaban J connectivity index is 1.60. The molecule has 2 atom stereocenters. The minimum Gasteiger partial charge on any atom is -0.310 e. The smallest absolute Gasteiger partial charge is 0.0266 e. The third-order valence-electron chi connectivity index (χ3n) is 4.59. The van der Waals surface area contributed by atoms with Crippen molar-refractivity contribution in [1.29, 1.82) is 0 Å². The van der Waals surface area contributed by atoms with E-state index >= 15 is 0 Å². The van der Waals surface area contributed by atoms with Crippen LogP contribution in [0.1, 0.15) is 42.4 Å². The number of fused-ring (bicyclic) bond motifs is 1. The number of hydrogen-bond donors (Lipinski definition) is 1. The van der Waals surface area contributed by atoms with Crippen molar-refractivity contribution in [3.8, 4) is 0 Å². The molecule has 1 fully saturated rings. The van der Waals surface area contributed by atoms with Crippen LogP contribution in [-0.4, -0.2) is 11.9 Å². The van der Waals surface area contributed by atoms with Gasteiger partial charge in [-0.05, 0) is 54.7 Å². The lowest BCUT2D eigenvalue weighted by atomic mass is 10.0. The lowest BCUT2D eigenvalue weighted by Gasteiger charge is -2.19. The van der Waals surface area contributed by atoms with Gasteiger partial charge in [-0.1, -0.05) is 24.6 Å². The van der Waals surface area contributed by atoms with Gasteiger partial charge < -0.3 is 5.32 Å². The van der Waals surface area contributed by atoms with E-state index in [1.807, 2.05) is 0 Å². The zero-order chi connectivity index (χ0) is 12.4. The topological polar surface area (TPSA) is 12.0 Å². The number of benzene rings is 1. The van der Waals surface area contributed by atoms with E-state index in [2.05, 4.69) is 23.5 Å². The van der Waals surface area contributed by atoms with E-state index in [0.717, 1.165) is 12.4 Å². The molecule has 1 saturated carbocycles. The number of nitrogens with one attached hydrogen (secondary N) is 1. The summed E-state index contributed by atoms with van der Waals surface area (Å²) in [5, 5.41) is 3.71. The molecule has 0 bridgehead atoms. The van der Waals surface area contributed by atoms with Gasteiger partial charge in [-0.25, -0.2) is 0 Å². The molecule has 2 aliphatic carbocycles. The first kappa shape index (κ1) is 12.5. The van der Waals surface area contributed by atoms with Crippen LogP contribution in [0.5, 0.6) is 0 Å². The summed E-state index contributed by atoms with van der Waals surface area (Å²) in [7, 11) is 0. The van der Waals surface area contributed by atoms with Crippen LogP contribution in [0.4, 0.5) is 0 Å². The van der Waals surface area contributed by atoms with Gasteiger partial charge in [0.2, 0.25) is 0 Å². The summed E-state index contributed by atoms with van der Waals surface area (Å²) in [6, 6.07) is 7.66. The molecule has 2 unspecified atom stereocenters. The molecule has 0 spiro atoms. The molecule has 0 aliphatic heterocycles. The third-order valence-corrected chi connectivity index (χ3v) is 4.98. The molecular formula is C16H22ClN. The highest BCUT2D eigenvalue weighted by atomic mass is 35.5. The van der Waals surface area contributed by atoms with Crippen molar-refractivity contribution in [2.45, 2.75) is 51.1 Å². The summed E-state index contributed by atoms with van der Waals surface area (Å²) in [4.78, 5) is 0. The number of halogens is 1. The fourth-order valence-electron chi connectivity index (χ4n) is 3.47. The maximum absolute atomic E-state index is 6.02. The Kier molecular flexibility index (Phi) is 3.91. The molecule has 1 N–H and O–H groups in total. The Bertz CT molecular complexity index is 416. The summed E-state index contributed by atoms with van der Waals surface area (Å²) in [6.07, 6.45) is 7.81. The number of rotatable bonds is 4. The number of alkyl halides is 1. The Morgan fingerprint density at radius 1 is 1.11 bits per heavy atom. The standard InChI is InChI=1S/C16H22ClN/c17-10-15-5-2-6-16(15)18-11-12-7-8-13-3-1-4-14(13)9-12/h7-9,15-16,18H,1-6,10-11H2. The van der Waals surface area contributed by atoms with Crippen molar-refractivity contribution in [3.63, 3.8) is 0 Å². The molecule has 0 aromatic heterocycles. The average Bonchev–Trinajstić information content (AvgIpc) is 3.04. The molecule has 2 heteroatoms. The van der Waals surface area contributed by atoms with E-state index in [1.165, 1.54) is 44.1 Å². The normalized spacial score (nSPS) is 26.5. The van der Waals surface area contributed by atoms with Crippen LogP contribution in [0, 0.1) is 5.92 Å². The van der Waals surface area contributed by atoms with Gasteiger partial charge in [-0.3, -0.25) is 0 Å². The van der Waals surface area contributed by atoms with Gasteiger partial charge >= 0.3 is 0 Å². The SMILES string of the molecule is ClCC1CCCC1NCc1ccc2c(c1)CCC2. The van der Waals surface area contributed by atoms with Gasteiger partial charge in [0.05, 0.1) is 0 Å². The molecule has 0 radical (unpaired) electrons. The van der Waals surface area contributed by atoms with Gasteiger partial charge in [-0.2, -0.15) is 0 Å². The summed E-state index contributed by atoms with van der Waals surface area (Å²) in [5.74, 6) is 1.49. The van der Waals surface area contributed by atoms with Crippen LogP contribution in [0.3, 0.4) is 0 Å². The number of aryl methyl sites for hydroxylation is 2. The highest BCUT2D eigenvalue weighted by Gasteiger charge is 2.25. The van der Waals surface area contributed by atoms with Crippen LogP contribution in [0.25, 0.3) is 0 Å². The predicted octanol–water partition coefficient (Wildman–Crippen LogP) is 3.67. The second-order valence-corrected chi connectivity index (χ2v) is 6.10. The maximum Gasteiger partial charge on any atom is 0.0266 e. The Morgan fingerprint density at radius 2 is 2.00 bits per heavy atom. The van der Waals surface area contributed by atoms with Crippen LogP contribution in [-0.2, 0) is 19.4 Å². The largest absolute Gasteiger partial charge is 0.310 e. The number of hydrogen-bond acceptors (Lipinski definition) is 1. The molecule has 0 heterocycles. The first-order valence-electron chi connectivity index (χ1n) is 7.27. The van der Waals surface area contributed by atoms with Crippen molar-refractivity contribution in [2.24, 2.45) is 5.92 Å². The van der Waals surface area contributed by atoms with Crippen LogP contribution >= 0.6 is 11.6 Å². The van der Waals surface area contributed by atoms with E-state index < -0.39 is 0 Å². The van der Waals surface area contributed by atoms with Crippen molar-refractivity contribution >= 4 is 11.6 Å². The molecule has 1 aromatic carbocycles. The minimum atomic E-state index is 0.635. The molecular weight excluding hydrogens is 242 g/mol.